The lowest BCUT2D eigenvalue weighted by Crippen LogP contribution is -2.01. The van der Waals surface area contributed by atoms with Gasteiger partial charge in [-0.15, -0.1) is 34.0 Å². The minimum absolute atomic E-state index is 0.204. The maximum Gasteiger partial charge on any atom is 0.0584 e. The van der Waals surface area contributed by atoms with E-state index < -0.39 is 0 Å². The summed E-state index contributed by atoms with van der Waals surface area (Å²) in [5.41, 5.74) is 7.65. The topological polar surface area (TPSA) is 31.6 Å². The summed E-state index contributed by atoms with van der Waals surface area (Å²) >= 11 is 5.68. The van der Waals surface area contributed by atoms with Crippen molar-refractivity contribution in [2.24, 2.45) is 0 Å². The largest absolute Gasteiger partial charge is 0.364 e. The Bertz CT molecular complexity index is 1710. The molecule has 0 aliphatic rings. The Hall–Kier alpha value is -3.90. The van der Waals surface area contributed by atoms with Crippen molar-refractivity contribution in [1.82, 2.24) is 9.97 Å². The van der Waals surface area contributed by atoms with Gasteiger partial charge in [0.05, 0.1) is 11.8 Å². The Morgan fingerprint density at radius 2 is 0.829 bits per heavy atom. The van der Waals surface area contributed by atoms with Crippen molar-refractivity contribution in [3.05, 3.63) is 165 Å². The van der Waals surface area contributed by atoms with E-state index in [1.54, 1.807) is 0 Å². The predicted molar refractivity (Wildman–Crippen MR) is 177 cm³/mol. The van der Waals surface area contributed by atoms with E-state index in [2.05, 4.69) is 133 Å². The van der Waals surface area contributed by atoms with E-state index in [4.69, 9.17) is 0 Å². The molecule has 41 heavy (non-hydrogen) atoms. The molecule has 0 spiro atoms. The molecule has 5 heterocycles. The lowest BCUT2D eigenvalue weighted by atomic mass is 9.93. The predicted octanol–water partition coefficient (Wildman–Crippen LogP) is 10.8. The summed E-state index contributed by atoms with van der Waals surface area (Å²) in [6.07, 6.45) is 4.04. The monoisotopic (exact) mass is 586 g/mol. The highest BCUT2D eigenvalue weighted by Gasteiger charge is 2.22. The van der Waals surface area contributed by atoms with Crippen molar-refractivity contribution in [2.75, 3.05) is 0 Å². The molecule has 2 aromatic carbocycles. The van der Waals surface area contributed by atoms with E-state index in [1.807, 2.05) is 46.4 Å². The van der Waals surface area contributed by atoms with Crippen molar-refractivity contribution in [3.63, 3.8) is 0 Å². The first-order valence-electron chi connectivity index (χ1n) is 13.8. The Kier molecular flexibility index (Phi) is 7.09. The maximum atomic E-state index is 3.47. The van der Waals surface area contributed by atoms with Crippen LogP contribution in [0.2, 0.25) is 0 Å². The zero-order valence-corrected chi connectivity index (χ0v) is 25.4. The van der Waals surface area contributed by atoms with E-state index in [0.717, 1.165) is 0 Å². The average Bonchev–Trinajstić information content (AvgIpc) is 3.82. The first-order valence-corrected chi connectivity index (χ1v) is 16.3. The molecule has 2 unspecified atom stereocenters. The number of nitrogens with one attached hydrogen (secondary N) is 2. The van der Waals surface area contributed by atoms with Gasteiger partial charge in [0.15, 0.2) is 0 Å². The second-order valence-corrected chi connectivity index (χ2v) is 13.8. The summed E-state index contributed by atoms with van der Waals surface area (Å²) in [5, 5.41) is 0. The molecule has 0 saturated carbocycles. The molecule has 2 atom stereocenters. The van der Waals surface area contributed by atoms with Crippen molar-refractivity contribution < 1.29 is 0 Å². The SMILES string of the molecule is Cc1ccc(C(c2ccc[nH]2)c2ccc(-c3ccc(-c4ccc(C(c5ccc(C)cc5)c5ccc[nH]5)s4)s3)s2)cc1. The summed E-state index contributed by atoms with van der Waals surface area (Å²) in [5.74, 6) is 0.408. The number of benzene rings is 2. The molecule has 0 aliphatic heterocycles. The van der Waals surface area contributed by atoms with Crippen LogP contribution in [0, 0.1) is 13.8 Å². The Labute approximate surface area is 253 Å². The van der Waals surface area contributed by atoms with Crippen LogP contribution in [0.5, 0.6) is 0 Å². The molecule has 5 aromatic heterocycles. The zero-order valence-electron chi connectivity index (χ0n) is 22.9. The van der Waals surface area contributed by atoms with Gasteiger partial charge in [-0.2, -0.15) is 0 Å². The summed E-state index contributed by atoms with van der Waals surface area (Å²) in [6.45, 7) is 4.29. The van der Waals surface area contributed by atoms with Gasteiger partial charge in [-0.05, 0) is 85.6 Å². The van der Waals surface area contributed by atoms with Gasteiger partial charge in [-0.1, -0.05) is 59.7 Å². The van der Waals surface area contributed by atoms with Crippen LogP contribution in [0.25, 0.3) is 19.5 Å². The maximum absolute atomic E-state index is 3.47. The number of aromatic amines is 2. The smallest absolute Gasteiger partial charge is 0.0584 e. The summed E-state index contributed by atoms with van der Waals surface area (Å²) in [6, 6.07) is 40.2. The van der Waals surface area contributed by atoms with Crippen molar-refractivity contribution in [2.45, 2.75) is 25.7 Å². The minimum Gasteiger partial charge on any atom is -0.364 e. The van der Waals surface area contributed by atoms with Gasteiger partial charge in [-0.3, -0.25) is 0 Å². The fourth-order valence-corrected chi connectivity index (χ4v) is 8.94. The van der Waals surface area contributed by atoms with Crippen LogP contribution in [-0.2, 0) is 0 Å². The molecule has 7 aromatic rings. The van der Waals surface area contributed by atoms with Gasteiger partial charge in [0.25, 0.3) is 0 Å². The van der Waals surface area contributed by atoms with Crippen LogP contribution in [0.3, 0.4) is 0 Å². The third-order valence-electron chi connectivity index (χ3n) is 7.60. The summed E-state index contributed by atoms with van der Waals surface area (Å²) < 4.78 is 0. The molecule has 5 heteroatoms. The van der Waals surface area contributed by atoms with Gasteiger partial charge >= 0.3 is 0 Å². The highest BCUT2D eigenvalue weighted by Crippen LogP contribution is 2.45. The molecular weight excluding hydrogens is 557 g/mol. The fourth-order valence-electron chi connectivity index (χ4n) is 5.44. The number of thiophene rings is 3. The number of rotatable bonds is 8. The van der Waals surface area contributed by atoms with Gasteiger partial charge < -0.3 is 9.97 Å². The van der Waals surface area contributed by atoms with Crippen LogP contribution >= 0.6 is 34.0 Å². The molecule has 0 amide bonds. The molecule has 0 saturated heterocycles. The van der Waals surface area contributed by atoms with Crippen LogP contribution < -0.4 is 0 Å². The lowest BCUT2D eigenvalue weighted by Gasteiger charge is -2.15. The standard InChI is InChI=1S/C36H30N2S3/c1-23-7-11-25(12-8-23)35(27-5-3-21-37-27)33-19-17-31(40-33)29-15-16-30(39-29)32-18-20-34(41-32)36(28-6-4-22-38-28)26-13-9-24(2)10-14-26/h3-22,35-38H,1-2H3. The summed E-state index contributed by atoms with van der Waals surface area (Å²) in [4.78, 5) is 14.9. The van der Waals surface area contributed by atoms with Crippen LogP contribution in [0.15, 0.2) is 122 Å². The third kappa shape index (κ3) is 5.29. The zero-order chi connectivity index (χ0) is 27.8. The Balaban J connectivity index is 1.18. The molecule has 2 nitrogen and oxygen atoms in total. The van der Waals surface area contributed by atoms with E-state index in [0.29, 0.717) is 0 Å². The van der Waals surface area contributed by atoms with Crippen LogP contribution in [0.1, 0.15) is 55.2 Å². The second kappa shape index (κ2) is 11.2. The second-order valence-electron chi connectivity index (χ2n) is 10.5. The highest BCUT2D eigenvalue weighted by atomic mass is 32.1. The van der Waals surface area contributed by atoms with E-state index >= 15 is 0 Å². The number of aryl methyl sites for hydroxylation is 2. The van der Waals surface area contributed by atoms with Crippen LogP contribution in [-0.4, -0.2) is 9.97 Å². The average molecular weight is 587 g/mol. The first-order chi connectivity index (χ1) is 20.1. The molecular formula is C36H30N2S3. The quantitative estimate of drug-likeness (QED) is 0.177. The Morgan fingerprint density at radius 3 is 1.22 bits per heavy atom. The minimum atomic E-state index is 0.204. The summed E-state index contributed by atoms with van der Waals surface area (Å²) in [7, 11) is 0. The van der Waals surface area contributed by atoms with E-state index in [9.17, 15) is 0 Å². The number of hydrogen-bond acceptors (Lipinski definition) is 3. The molecule has 202 valence electrons. The Morgan fingerprint density at radius 1 is 0.439 bits per heavy atom. The lowest BCUT2D eigenvalue weighted by molar-refractivity contribution is 0.954. The van der Waals surface area contributed by atoms with Gasteiger partial charge in [-0.25, -0.2) is 0 Å². The number of aromatic nitrogens is 2. The molecule has 0 aliphatic carbocycles. The van der Waals surface area contributed by atoms with E-state index in [1.165, 1.54) is 62.9 Å². The van der Waals surface area contributed by atoms with Crippen molar-refractivity contribution in [1.29, 1.82) is 0 Å². The molecule has 7 rings (SSSR count). The first kappa shape index (κ1) is 26.0. The fraction of sp³-hybridized carbons (Fsp3) is 0.111. The normalized spacial score (nSPS) is 12.9. The van der Waals surface area contributed by atoms with Gasteiger partial charge in [0, 0.05) is 53.0 Å². The van der Waals surface area contributed by atoms with Gasteiger partial charge in [0.2, 0.25) is 0 Å². The van der Waals surface area contributed by atoms with Gasteiger partial charge in [0.1, 0.15) is 0 Å². The van der Waals surface area contributed by atoms with E-state index in [-0.39, 0.29) is 11.8 Å². The molecule has 0 radical (unpaired) electrons. The third-order valence-corrected chi connectivity index (χ3v) is 11.4. The van der Waals surface area contributed by atoms with Crippen LogP contribution in [0.4, 0.5) is 0 Å². The molecule has 0 fully saturated rings. The molecule has 0 bridgehead atoms. The number of H-pyrrole nitrogens is 2. The molecule has 2 N–H and O–H groups in total. The van der Waals surface area contributed by atoms with Crippen molar-refractivity contribution >= 4 is 34.0 Å². The highest BCUT2D eigenvalue weighted by molar-refractivity contribution is 7.26. The van der Waals surface area contributed by atoms with Crippen molar-refractivity contribution in [3.8, 4) is 19.5 Å². The number of hydrogen-bond donors (Lipinski definition) is 2.